The zero-order valence-corrected chi connectivity index (χ0v) is 14.3. The molecule has 0 rings (SSSR count). The van der Waals surface area contributed by atoms with Crippen LogP contribution in [-0.4, -0.2) is 28.1 Å². The van der Waals surface area contributed by atoms with Gasteiger partial charge in [0.2, 0.25) is 0 Å². The highest BCUT2D eigenvalue weighted by Crippen LogP contribution is 2.00. The van der Waals surface area contributed by atoms with E-state index in [-0.39, 0.29) is 12.2 Å². The van der Waals surface area contributed by atoms with Crippen LogP contribution < -0.4 is 0 Å². The van der Waals surface area contributed by atoms with Crippen LogP contribution in [0, 0.1) is 0 Å². The van der Waals surface area contributed by atoms with Gasteiger partial charge in [-0.05, 0) is 44.3 Å². The van der Waals surface area contributed by atoms with E-state index in [4.69, 9.17) is 5.11 Å². The van der Waals surface area contributed by atoms with Crippen molar-refractivity contribution in [2.75, 3.05) is 0 Å². The molecule has 0 aliphatic carbocycles. The molecule has 0 radical (unpaired) electrons. The molecule has 0 bridgehead atoms. The van der Waals surface area contributed by atoms with E-state index in [1.54, 1.807) is 24.3 Å². The number of carboxylic acids is 1. The molecular weight excluding hydrogens is 304 g/mol. The summed E-state index contributed by atoms with van der Waals surface area (Å²) in [5.74, 6) is -0.826. The summed E-state index contributed by atoms with van der Waals surface area (Å²) in [6.45, 7) is 1.96. The Labute approximate surface area is 144 Å². The standard InChI is InChI=1S/C20H28O4/c1-2-3-13-18(21)15-11-12-16-19(22)14-9-7-5-4-6-8-10-17-20(23)24/h3-4,6-7,9,11-13,15-16,19,22H,2,5,8,10,14,17H2,1H3,(H,23,24)/b6-4-,9-7-,13-3+,15-11-,16-12+/t19-/m1/s1. The first kappa shape index (κ1) is 21.8. The third kappa shape index (κ3) is 16.2. The predicted octanol–water partition coefficient (Wildman–Crippen LogP) is 4.14. The first-order chi connectivity index (χ1) is 11.6. The predicted molar refractivity (Wildman–Crippen MR) is 97.7 cm³/mol. The van der Waals surface area contributed by atoms with Crippen LogP contribution in [0.25, 0.3) is 0 Å². The minimum Gasteiger partial charge on any atom is -0.481 e. The molecule has 0 aromatic carbocycles. The SMILES string of the molecule is CC/C=C/C(=O)/C=C\C=C\[C@H](O)C/C=C\C/C=C\CCCC(=O)O. The average molecular weight is 332 g/mol. The molecule has 2 N–H and O–H groups in total. The molecule has 0 spiro atoms. The summed E-state index contributed by atoms with van der Waals surface area (Å²) in [4.78, 5) is 21.6. The molecule has 0 aliphatic heterocycles. The van der Waals surface area contributed by atoms with Crippen LogP contribution >= 0.6 is 0 Å². The summed E-state index contributed by atoms with van der Waals surface area (Å²) in [6.07, 6.45) is 20.7. The van der Waals surface area contributed by atoms with Gasteiger partial charge in [-0.1, -0.05) is 55.5 Å². The van der Waals surface area contributed by atoms with Gasteiger partial charge in [-0.25, -0.2) is 0 Å². The first-order valence-electron chi connectivity index (χ1n) is 8.31. The number of unbranched alkanes of at least 4 members (excludes halogenated alkanes) is 1. The van der Waals surface area contributed by atoms with Gasteiger partial charge in [-0.2, -0.15) is 0 Å². The Balaban J connectivity index is 3.82. The van der Waals surface area contributed by atoms with Gasteiger partial charge >= 0.3 is 5.97 Å². The van der Waals surface area contributed by atoms with E-state index in [0.717, 1.165) is 19.3 Å². The normalized spacial score (nSPS) is 13.9. The van der Waals surface area contributed by atoms with Gasteiger partial charge in [0.05, 0.1) is 6.10 Å². The van der Waals surface area contributed by atoms with E-state index < -0.39 is 12.1 Å². The van der Waals surface area contributed by atoms with Crippen LogP contribution in [0.2, 0.25) is 0 Å². The van der Waals surface area contributed by atoms with Crippen LogP contribution in [-0.2, 0) is 9.59 Å². The monoisotopic (exact) mass is 332 g/mol. The summed E-state index contributed by atoms with van der Waals surface area (Å²) in [5, 5.41) is 18.2. The van der Waals surface area contributed by atoms with Crippen LogP contribution in [0.1, 0.15) is 45.4 Å². The molecule has 24 heavy (non-hydrogen) atoms. The van der Waals surface area contributed by atoms with Gasteiger partial charge < -0.3 is 10.2 Å². The van der Waals surface area contributed by atoms with Crippen molar-refractivity contribution in [2.45, 2.75) is 51.6 Å². The number of aliphatic carboxylic acids is 1. The topological polar surface area (TPSA) is 74.6 Å². The first-order valence-corrected chi connectivity index (χ1v) is 8.31. The summed E-state index contributed by atoms with van der Waals surface area (Å²) in [5.41, 5.74) is 0. The maximum Gasteiger partial charge on any atom is 0.303 e. The minimum atomic E-state index is -0.762. The quantitative estimate of drug-likeness (QED) is 0.230. The summed E-state index contributed by atoms with van der Waals surface area (Å²) >= 11 is 0. The van der Waals surface area contributed by atoms with Gasteiger partial charge in [-0.15, -0.1) is 0 Å². The van der Waals surface area contributed by atoms with Gasteiger partial charge in [0.1, 0.15) is 0 Å². The Hall–Kier alpha value is -2.20. The lowest BCUT2D eigenvalue weighted by atomic mass is 10.2. The van der Waals surface area contributed by atoms with Crippen molar-refractivity contribution < 1.29 is 19.8 Å². The van der Waals surface area contributed by atoms with Crippen molar-refractivity contribution in [1.82, 2.24) is 0 Å². The van der Waals surface area contributed by atoms with E-state index in [1.807, 2.05) is 31.2 Å². The molecule has 132 valence electrons. The van der Waals surface area contributed by atoms with E-state index >= 15 is 0 Å². The third-order valence-corrected chi connectivity index (χ3v) is 2.97. The van der Waals surface area contributed by atoms with E-state index in [1.165, 1.54) is 12.2 Å². The van der Waals surface area contributed by atoms with Gasteiger partial charge in [0.15, 0.2) is 5.78 Å². The number of ketones is 1. The highest BCUT2D eigenvalue weighted by molar-refractivity contribution is 5.99. The molecule has 0 unspecified atom stereocenters. The van der Waals surface area contributed by atoms with Crippen molar-refractivity contribution in [3.8, 4) is 0 Å². The highest BCUT2D eigenvalue weighted by Gasteiger charge is 1.94. The van der Waals surface area contributed by atoms with Crippen LogP contribution in [0.4, 0.5) is 0 Å². The number of carbonyl (C=O) groups is 2. The second-order valence-corrected chi connectivity index (χ2v) is 5.22. The molecule has 0 heterocycles. The molecule has 0 aromatic rings. The fourth-order valence-electron chi connectivity index (χ4n) is 1.71. The largest absolute Gasteiger partial charge is 0.481 e. The molecule has 0 saturated carbocycles. The van der Waals surface area contributed by atoms with Gasteiger partial charge in [0.25, 0.3) is 0 Å². The van der Waals surface area contributed by atoms with Crippen molar-refractivity contribution in [1.29, 1.82) is 0 Å². The van der Waals surface area contributed by atoms with Crippen molar-refractivity contribution in [3.05, 3.63) is 60.8 Å². The highest BCUT2D eigenvalue weighted by atomic mass is 16.4. The van der Waals surface area contributed by atoms with Gasteiger partial charge in [-0.3, -0.25) is 9.59 Å². The fraction of sp³-hybridized carbons (Fsp3) is 0.400. The second-order valence-electron chi connectivity index (χ2n) is 5.22. The number of hydrogen-bond donors (Lipinski definition) is 2. The van der Waals surface area contributed by atoms with Crippen molar-refractivity contribution in [3.63, 3.8) is 0 Å². The molecule has 4 heteroatoms. The Morgan fingerprint density at radius 1 is 1.00 bits per heavy atom. The lowest BCUT2D eigenvalue weighted by Crippen LogP contribution is -1.98. The Kier molecular flexibility index (Phi) is 14.2. The summed E-state index contributed by atoms with van der Waals surface area (Å²) < 4.78 is 0. The molecule has 0 aliphatic rings. The summed E-state index contributed by atoms with van der Waals surface area (Å²) in [6, 6.07) is 0. The number of aliphatic hydroxyl groups is 1. The maximum atomic E-state index is 11.3. The maximum absolute atomic E-state index is 11.3. The zero-order valence-electron chi connectivity index (χ0n) is 14.3. The van der Waals surface area contributed by atoms with Crippen LogP contribution in [0.15, 0.2) is 60.8 Å². The molecule has 0 aromatic heterocycles. The van der Waals surface area contributed by atoms with Crippen molar-refractivity contribution in [2.24, 2.45) is 0 Å². The van der Waals surface area contributed by atoms with E-state index in [2.05, 4.69) is 0 Å². The van der Waals surface area contributed by atoms with E-state index in [0.29, 0.717) is 12.8 Å². The molecule has 1 atom stereocenters. The average Bonchev–Trinajstić information content (AvgIpc) is 2.55. The van der Waals surface area contributed by atoms with Crippen LogP contribution in [0.3, 0.4) is 0 Å². The second kappa shape index (κ2) is 15.7. The third-order valence-electron chi connectivity index (χ3n) is 2.97. The zero-order chi connectivity index (χ0) is 18.0. The molecule has 4 nitrogen and oxygen atoms in total. The number of rotatable bonds is 13. The summed E-state index contributed by atoms with van der Waals surface area (Å²) in [7, 11) is 0. The minimum absolute atomic E-state index is 0.0639. The molecular formula is C20H28O4. The molecule has 0 fully saturated rings. The Morgan fingerprint density at radius 3 is 2.46 bits per heavy atom. The lowest BCUT2D eigenvalue weighted by molar-refractivity contribution is -0.137. The van der Waals surface area contributed by atoms with Crippen molar-refractivity contribution >= 4 is 11.8 Å². The number of carboxylic acid groups (broad SMARTS) is 1. The smallest absolute Gasteiger partial charge is 0.303 e. The number of hydrogen-bond acceptors (Lipinski definition) is 3. The Bertz CT molecular complexity index is 496. The molecule has 0 amide bonds. The van der Waals surface area contributed by atoms with E-state index in [9.17, 15) is 14.7 Å². The molecule has 0 saturated heterocycles. The number of allylic oxidation sites excluding steroid dienone is 8. The lowest BCUT2D eigenvalue weighted by Gasteiger charge is -1.98. The fourth-order valence-corrected chi connectivity index (χ4v) is 1.71. The van der Waals surface area contributed by atoms with Crippen LogP contribution in [0.5, 0.6) is 0 Å². The Morgan fingerprint density at radius 2 is 1.75 bits per heavy atom. The number of carbonyl (C=O) groups excluding carboxylic acids is 1. The van der Waals surface area contributed by atoms with Gasteiger partial charge in [0, 0.05) is 6.42 Å². The number of aliphatic hydroxyl groups excluding tert-OH is 1.